The second-order valence-electron chi connectivity index (χ2n) is 18.7. The molecule has 71 heavy (non-hydrogen) atoms. The smallest absolute Gasteiger partial charge is 0.181 e. The fourth-order valence-electron chi connectivity index (χ4n) is 12.3. The van der Waals surface area contributed by atoms with Gasteiger partial charge in [-0.15, -0.1) is 0 Å². The number of nitrogens with zero attached hydrogens (tertiary/aromatic N) is 2. The van der Waals surface area contributed by atoms with Gasteiger partial charge in [-0.05, 0) is 96.1 Å². The van der Waals surface area contributed by atoms with Gasteiger partial charge in [0, 0.05) is 42.7 Å². The Morgan fingerprint density at radius 3 is 1.23 bits per heavy atom. The van der Waals surface area contributed by atoms with E-state index >= 15 is 0 Å². The van der Waals surface area contributed by atoms with Crippen molar-refractivity contribution in [1.29, 1.82) is 0 Å². The zero-order chi connectivity index (χ0) is 46.9. The third-order valence-electron chi connectivity index (χ3n) is 15.2. The van der Waals surface area contributed by atoms with Gasteiger partial charge in [-0.25, -0.2) is 0 Å². The molecular weight excluding hydrogens is 909 g/mol. The first-order valence-corrected chi connectivity index (χ1v) is 29.3. The van der Waals surface area contributed by atoms with Gasteiger partial charge in [-0.3, -0.25) is 0 Å². The third-order valence-corrected chi connectivity index (χ3v) is 26.4. The Hall–Kier alpha value is -8.20. The molecule has 5 heteroatoms. The molecule has 0 bridgehead atoms. The minimum absolute atomic E-state index is 1.14. The minimum Gasteiger partial charge on any atom is -0.309 e. The number of fused-ring (bicyclic) bond motifs is 8. The van der Waals surface area contributed by atoms with Gasteiger partial charge in [-0.1, -0.05) is 236 Å². The van der Waals surface area contributed by atoms with Crippen LogP contribution in [0.1, 0.15) is 0 Å². The zero-order valence-electron chi connectivity index (χ0n) is 38.9. The number of hydrogen-bond acceptors (Lipinski definition) is 1. The van der Waals surface area contributed by atoms with Crippen molar-refractivity contribution < 1.29 is 0 Å². The van der Waals surface area contributed by atoms with Crippen LogP contribution in [-0.2, 0) is 0 Å². The average molecular weight is 955 g/mol. The second-order valence-corrected chi connectivity index (χ2v) is 27.4. The highest BCUT2D eigenvalue weighted by molar-refractivity contribution is 8.00. The van der Waals surface area contributed by atoms with Crippen molar-refractivity contribution in [2.75, 3.05) is 0 Å². The maximum Gasteiger partial charge on any atom is 0.181 e. The fraction of sp³-hybridized carbons (Fsp3) is 0. The lowest BCUT2D eigenvalue weighted by atomic mass is 10.1. The van der Waals surface area contributed by atoms with E-state index in [4.69, 9.17) is 0 Å². The van der Waals surface area contributed by atoms with E-state index in [-0.39, 0.29) is 0 Å². The normalized spacial score (nSPS) is 13.1. The monoisotopic (exact) mass is 954 g/mol. The van der Waals surface area contributed by atoms with Crippen LogP contribution in [0.5, 0.6) is 0 Å². The average Bonchev–Trinajstić information content (AvgIpc) is 3.96. The van der Waals surface area contributed by atoms with Crippen molar-refractivity contribution >= 4 is 113 Å². The van der Waals surface area contributed by atoms with Crippen molar-refractivity contribution in [3.63, 3.8) is 0 Å². The van der Waals surface area contributed by atoms with Gasteiger partial charge >= 0.3 is 0 Å². The summed E-state index contributed by atoms with van der Waals surface area (Å²) in [6.07, 6.45) is 0. The van der Waals surface area contributed by atoms with E-state index < -0.39 is 16.1 Å². The Bertz CT molecular complexity index is 3990. The molecule has 13 aromatic rings. The Morgan fingerprint density at radius 1 is 0.282 bits per heavy atom. The van der Waals surface area contributed by atoms with E-state index in [2.05, 4.69) is 288 Å². The van der Waals surface area contributed by atoms with Gasteiger partial charge in [0.15, 0.2) is 16.1 Å². The maximum atomic E-state index is 2.55. The molecule has 0 saturated carbocycles. The number of aromatic nitrogens is 2. The molecule has 1 aliphatic heterocycles. The summed E-state index contributed by atoms with van der Waals surface area (Å²) in [6, 6.07) is 105. The van der Waals surface area contributed by atoms with Crippen LogP contribution >= 0.6 is 11.8 Å². The predicted molar refractivity (Wildman–Crippen MR) is 306 cm³/mol. The van der Waals surface area contributed by atoms with Gasteiger partial charge in [0.1, 0.15) is 0 Å². The second kappa shape index (κ2) is 16.7. The largest absolute Gasteiger partial charge is 0.309 e. The molecule has 0 saturated heterocycles. The quantitative estimate of drug-likeness (QED) is 0.109. The van der Waals surface area contributed by atoms with Gasteiger partial charge < -0.3 is 9.13 Å². The van der Waals surface area contributed by atoms with Crippen LogP contribution in [-0.4, -0.2) is 25.3 Å². The van der Waals surface area contributed by atoms with E-state index in [0.29, 0.717) is 0 Å². The van der Waals surface area contributed by atoms with Crippen LogP contribution in [0.4, 0.5) is 0 Å². The Morgan fingerprint density at radius 2 is 0.676 bits per heavy atom. The highest BCUT2D eigenvalue weighted by Gasteiger charge is 2.47. The highest BCUT2D eigenvalue weighted by atomic mass is 32.2. The van der Waals surface area contributed by atoms with Crippen molar-refractivity contribution in [1.82, 2.24) is 9.13 Å². The van der Waals surface area contributed by atoms with Crippen molar-refractivity contribution in [2.24, 2.45) is 0 Å². The van der Waals surface area contributed by atoms with Gasteiger partial charge in [0.2, 0.25) is 0 Å². The molecule has 0 unspecified atom stereocenters. The lowest BCUT2D eigenvalue weighted by Crippen LogP contribution is -2.76. The summed E-state index contributed by atoms with van der Waals surface area (Å²) in [5.74, 6) is 0. The van der Waals surface area contributed by atoms with Gasteiger partial charge in [0.25, 0.3) is 0 Å². The van der Waals surface area contributed by atoms with Gasteiger partial charge in [0.05, 0.1) is 22.1 Å². The van der Waals surface area contributed by atoms with Crippen LogP contribution in [0.15, 0.2) is 289 Å². The van der Waals surface area contributed by atoms with Crippen LogP contribution in [0.2, 0.25) is 0 Å². The standard InChI is InChI=1S/C66H46N2SSi2/c1-5-21-49(22-6-1)70(50-23-7-2-8-24-50,51-25-9-3-10-26-51)53-40-37-47(38-41-53)67-59-31-15-13-29-55(59)57-43-39-48(45-61(57)67)68-60-32-16-14-30-56(60)58-44-42-54(46-62(58)68)71(52-27-11-4-12-28-52)65-35-19-17-33-63(65)69-64-34-18-20-36-66(64)71/h1-46H. The predicted octanol–water partition coefficient (Wildman–Crippen LogP) is 11.1. The summed E-state index contributed by atoms with van der Waals surface area (Å²) >= 11 is 1.91. The Kier molecular flexibility index (Phi) is 9.85. The summed E-state index contributed by atoms with van der Waals surface area (Å²) in [7, 11) is -5.51. The summed E-state index contributed by atoms with van der Waals surface area (Å²) in [6.45, 7) is 0. The topological polar surface area (TPSA) is 9.86 Å². The van der Waals surface area contributed by atoms with E-state index in [1.807, 2.05) is 11.8 Å². The molecule has 0 spiro atoms. The molecule has 2 aromatic heterocycles. The first-order chi connectivity index (χ1) is 35.2. The van der Waals surface area contributed by atoms with Crippen LogP contribution in [0.25, 0.3) is 55.0 Å². The lowest BCUT2D eigenvalue weighted by molar-refractivity contribution is 1.16. The molecule has 334 valence electrons. The SMILES string of the molecule is c1ccc([Si](c2ccccc2)(c2ccccc2)c2ccc(-n3c4ccccc4c4ccc(-n5c6ccccc6c6ccc([Si]7(c8ccccc8)c8ccccc8Sc8ccccc87)cc65)cc43)cc2)cc1. The molecule has 0 atom stereocenters. The van der Waals surface area contributed by atoms with Crippen molar-refractivity contribution in [2.45, 2.75) is 9.79 Å². The molecular formula is C66H46N2SSi2. The summed E-state index contributed by atoms with van der Waals surface area (Å²) in [4.78, 5) is 2.70. The molecule has 0 amide bonds. The van der Waals surface area contributed by atoms with E-state index in [9.17, 15) is 0 Å². The van der Waals surface area contributed by atoms with Crippen LogP contribution in [0.3, 0.4) is 0 Å². The Labute approximate surface area is 419 Å². The number of rotatable bonds is 8. The highest BCUT2D eigenvalue weighted by Crippen LogP contribution is 2.38. The Balaban J connectivity index is 0.994. The van der Waals surface area contributed by atoms with Crippen LogP contribution in [0, 0.1) is 0 Å². The summed E-state index contributed by atoms with van der Waals surface area (Å²) < 4.78 is 5.01. The minimum atomic E-state index is -2.80. The maximum absolute atomic E-state index is 2.80. The first-order valence-electron chi connectivity index (χ1n) is 24.5. The molecule has 2 nitrogen and oxygen atoms in total. The zero-order valence-corrected chi connectivity index (χ0v) is 41.7. The van der Waals surface area contributed by atoms with Crippen molar-refractivity contribution in [3.8, 4) is 11.4 Å². The lowest BCUT2D eigenvalue weighted by Gasteiger charge is -2.39. The molecule has 0 fully saturated rings. The van der Waals surface area contributed by atoms with E-state index in [1.54, 1.807) is 0 Å². The molecule has 11 aromatic carbocycles. The number of hydrogen-bond donors (Lipinski definition) is 0. The van der Waals surface area contributed by atoms with Crippen LogP contribution < -0.4 is 41.5 Å². The molecule has 1 aliphatic rings. The summed E-state index contributed by atoms with van der Waals surface area (Å²) in [5, 5.41) is 16.1. The molecule has 0 aliphatic carbocycles. The van der Waals surface area contributed by atoms with E-state index in [0.717, 1.165) is 11.4 Å². The third kappa shape index (κ3) is 6.27. The van der Waals surface area contributed by atoms with E-state index in [1.165, 1.54) is 94.9 Å². The number of benzene rings is 11. The molecule has 14 rings (SSSR count). The van der Waals surface area contributed by atoms with Crippen molar-refractivity contribution in [3.05, 3.63) is 279 Å². The number of para-hydroxylation sites is 2. The summed E-state index contributed by atoms with van der Waals surface area (Å²) in [5.41, 5.74) is 7.07. The molecule has 0 N–H and O–H groups in total. The molecule has 3 heterocycles. The fourth-order valence-corrected chi connectivity index (χ4v) is 24.0. The van der Waals surface area contributed by atoms with Gasteiger partial charge in [-0.2, -0.15) is 0 Å². The molecule has 0 radical (unpaired) electrons. The first kappa shape index (κ1) is 41.7.